The first-order chi connectivity index (χ1) is 20.4. The number of carbonyl (C=O) groups is 3. The van der Waals surface area contributed by atoms with Gasteiger partial charge in [0.25, 0.3) is 0 Å². The van der Waals surface area contributed by atoms with Crippen molar-refractivity contribution in [1.82, 2.24) is 25.0 Å². The molecule has 12 heteroatoms. The van der Waals surface area contributed by atoms with E-state index in [4.69, 9.17) is 4.74 Å². The van der Waals surface area contributed by atoms with E-state index in [2.05, 4.69) is 30.7 Å². The Bertz CT molecular complexity index is 1400. The maximum atomic E-state index is 14.8. The number of halogens is 1. The highest BCUT2D eigenvalue weighted by Gasteiger charge is 2.23. The van der Waals surface area contributed by atoms with Gasteiger partial charge in [-0.2, -0.15) is 0 Å². The molecule has 0 saturated carbocycles. The van der Waals surface area contributed by atoms with Gasteiger partial charge in [0.2, 0.25) is 5.91 Å². The molecule has 3 aromatic rings. The average molecular weight is 576 g/mol. The maximum absolute atomic E-state index is 14.8. The Morgan fingerprint density at radius 3 is 2.29 bits per heavy atom. The second kappa shape index (κ2) is 13.9. The first-order valence-corrected chi connectivity index (χ1v) is 14.0. The SMILES string of the molecule is O=C(Cc1ccccc1)NC(=O)Nc1ccc(Oc2ccnc(NC(=O)N3CCN(CCN4CCC4)CC3)c2)c(F)c1. The van der Waals surface area contributed by atoms with E-state index in [1.54, 1.807) is 35.2 Å². The van der Waals surface area contributed by atoms with Crippen molar-refractivity contribution in [2.45, 2.75) is 12.8 Å². The number of benzene rings is 2. The molecule has 0 atom stereocenters. The smallest absolute Gasteiger partial charge is 0.325 e. The highest BCUT2D eigenvalue weighted by Crippen LogP contribution is 2.27. The summed E-state index contributed by atoms with van der Waals surface area (Å²) in [6, 6.07) is 14.9. The van der Waals surface area contributed by atoms with Crippen molar-refractivity contribution in [1.29, 1.82) is 0 Å². The Labute approximate surface area is 243 Å². The van der Waals surface area contributed by atoms with Crippen LogP contribution in [-0.4, -0.2) is 90.0 Å². The minimum Gasteiger partial charge on any atom is -0.454 e. The minimum atomic E-state index is -0.772. The summed E-state index contributed by atoms with van der Waals surface area (Å²) in [4.78, 5) is 47.8. The molecule has 1 aromatic heterocycles. The Morgan fingerprint density at radius 2 is 1.60 bits per heavy atom. The molecule has 220 valence electrons. The van der Waals surface area contributed by atoms with E-state index in [-0.39, 0.29) is 35.5 Å². The van der Waals surface area contributed by atoms with E-state index in [9.17, 15) is 18.8 Å². The van der Waals surface area contributed by atoms with E-state index < -0.39 is 17.8 Å². The third kappa shape index (κ3) is 8.24. The fourth-order valence-electron chi connectivity index (χ4n) is 4.70. The number of rotatable bonds is 9. The lowest BCUT2D eigenvalue weighted by atomic mass is 10.1. The van der Waals surface area contributed by atoms with Crippen molar-refractivity contribution in [2.75, 3.05) is 63.0 Å². The van der Waals surface area contributed by atoms with Crippen molar-refractivity contribution in [3.63, 3.8) is 0 Å². The first-order valence-electron chi connectivity index (χ1n) is 14.0. The number of urea groups is 2. The van der Waals surface area contributed by atoms with E-state index in [0.29, 0.717) is 13.1 Å². The van der Waals surface area contributed by atoms with Gasteiger partial charge in [0.15, 0.2) is 11.6 Å². The molecule has 0 spiro atoms. The number of aromatic nitrogens is 1. The number of nitrogens with zero attached hydrogens (tertiary/aromatic N) is 4. The lowest BCUT2D eigenvalue weighted by Gasteiger charge is -2.37. The second-order valence-corrected chi connectivity index (χ2v) is 10.2. The predicted octanol–water partition coefficient (Wildman–Crippen LogP) is 3.76. The van der Waals surface area contributed by atoms with E-state index in [0.717, 1.165) is 37.8 Å². The molecule has 42 heavy (non-hydrogen) atoms. The number of imide groups is 1. The van der Waals surface area contributed by atoms with Crippen LogP contribution in [0.2, 0.25) is 0 Å². The quantitative estimate of drug-likeness (QED) is 0.356. The number of hydrogen-bond acceptors (Lipinski definition) is 7. The van der Waals surface area contributed by atoms with Gasteiger partial charge in [0.1, 0.15) is 11.6 Å². The maximum Gasteiger partial charge on any atom is 0.325 e. The summed E-state index contributed by atoms with van der Waals surface area (Å²) in [5.74, 6) is -0.732. The number of anilines is 2. The number of piperazine rings is 1. The molecule has 2 aliphatic rings. The molecule has 2 fully saturated rings. The molecule has 11 nitrogen and oxygen atoms in total. The molecule has 2 saturated heterocycles. The summed E-state index contributed by atoms with van der Waals surface area (Å²) >= 11 is 0. The Kier molecular flexibility index (Phi) is 9.57. The van der Waals surface area contributed by atoms with Gasteiger partial charge >= 0.3 is 12.1 Å². The van der Waals surface area contributed by atoms with Gasteiger partial charge < -0.3 is 19.9 Å². The number of pyridine rings is 1. The molecule has 0 radical (unpaired) electrons. The predicted molar refractivity (Wildman–Crippen MR) is 156 cm³/mol. The summed E-state index contributed by atoms with van der Waals surface area (Å²) in [7, 11) is 0. The molecular formula is C30H34FN7O4. The Hall–Kier alpha value is -4.55. The number of hydrogen-bond donors (Lipinski definition) is 3. The van der Waals surface area contributed by atoms with Crippen LogP contribution in [-0.2, 0) is 11.2 Å². The molecule has 0 bridgehead atoms. The highest BCUT2D eigenvalue weighted by molar-refractivity contribution is 6.01. The third-order valence-corrected chi connectivity index (χ3v) is 7.19. The monoisotopic (exact) mass is 575 g/mol. The van der Waals surface area contributed by atoms with Crippen LogP contribution < -0.4 is 20.7 Å². The van der Waals surface area contributed by atoms with Crippen LogP contribution in [0.15, 0.2) is 66.9 Å². The normalized spacial score (nSPS) is 15.4. The van der Waals surface area contributed by atoms with Crippen LogP contribution in [0.25, 0.3) is 0 Å². The molecule has 2 aromatic carbocycles. The lowest BCUT2D eigenvalue weighted by molar-refractivity contribution is -0.119. The van der Waals surface area contributed by atoms with Crippen LogP contribution in [0.4, 0.5) is 25.5 Å². The molecule has 3 N–H and O–H groups in total. The zero-order valence-electron chi connectivity index (χ0n) is 23.2. The first kappa shape index (κ1) is 29.0. The molecule has 5 rings (SSSR count). The molecule has 2 aliphatic heterocycles. The molecule has 0 unspecified atom stereocenters. The second-order valence-electron chi connectivity index (χ2n) is 10.2. The summed E-state index contributed by atoms with van der Waals surface area (Å²) in [6.45, 7) is 7.39. The van der Waals surface area contributed by atoms with E-state index in [1.807, 2.05) is 6.07 Å². The van der Waals surface area contributed by atoms with Crippen molar-refractivity contribution in [2.24, 2.45) is 0 Å². The number of carbonyl (C=O) groups excluding carboxylic acids is 3. The van der Waals surface area contributed by atoms with Gasteiger partial charge in [-0.3, -0.25) is 20.3 Å². The average Bonchev–Trinajstić information content (AvgIpc) is 2.94. The summed E-state index contributed by atoms with van der Waals surface area (Å²) in [5, 5.41) is 7.45. The van der Waals surface area contributed by atoms with Crippen molar-refractivity contribution < 1.29 is 23.5 Å². The van der Waals surface area contributed by atoms with Gasteiger partial charge in [-0.05, 0) is 43.3 Å². The minimum absolute atomic E-state index is 0.0410. The van der Waals surface area contributed by atoms with Gasteiger partial charge in [0, 0.05) is 63.3 Å². The molecule has 3 heterocycles. The van der Waals surface area contributed by atoms with Crippen molar-refractivity contribution >= 4 is 29.5 Å². The zero-order valence-corrected chi connectivity index (χ0v) is 23.2. The number of nitrogens with one attached hydrogen (secondary N) is 3. The van der Waals surface area contributed by atoms with Crippen LogP contribution in [0.3, 0.4) is 0 Å². The van der Waals surface area contributed by atoms with Gasteiger partial charge in [0.05, 0.1) is 6.42 Å². The highest BCUT2D eigenvalue weighted by atomic mass is 19.1. The summed E-state index contributed by atoms with van der Waals surface area (Å²) < 4.78 is 20.5. The number of amides is 5. The van der Waals surface area contributed by atoms with Gasteiger partial charge in [-0.25, -0.2) is 19.0 Å². The lowest BCUT2D eigenvalue weighted by Crippen LogP contribution is -2.52. The standard InChI is InChI=1S/C30H34FN7O4/c31-25-20-23(33-29(40)35-28(39)19-22-5-2-1-3-6-22)7-8-26(25)42-24-9-10-32-27(21-24)34-30(41)38-17-15-37(16-18-38)14-13-36-11-4-12-36/h1-3,5-10,20-21H,4,11-19H2,(H,32,34,41)(H2,33,35,39,40). The Balaban J connectivity index is 1.08. The van der Waals surface area contributed by atoms with Gasteiger partial charge in [-0.15, -0.1) is 0 Å². The number of ether oxygens (including phenoxy) is 1. The van der Waals surface area contributed by atoms with Gasteiger partial charge in [-0.1, -0.05) is 30.3 Å². The summed E-state index contributed by atoms with van der Waals surface area (Å²) in [5.41, 5.74) is 0.911. The number of likely N-dealkylation sites (tertiary alicyclic amines) is 1. The Morgan fingerprint density at radius 1 is 0.857 bits per heavy atom. The molecule has 5 amide bonds. The van der Waals surface area contributed by atoms with E-state index in [1.165, 1.54) is 43.9 Å². The largest absolute Gasteiger partial charge is 0.454 e. The fourth-order valence-corrected chi connectivity index (χ4v) is 4.70. The van der Waals surface area contributed by atoms with Crippen LogP contribution in [0.1, 0.15) is 12.0 Å². The molecular weight excluding hydrogens is 541 g/mol. The van der Waals surface area contributed by atoms with Crippen LogP contribution in [0.5, 0.6) is 11.5 Å². The zero-order chi connectivity index (χ0) is 29.3. The molecule has 0 aliphatic carbocycles. The van der Waals surface area contributed by atoms with Crippen molar-refractivity contribution in [3.05, 3.63) is 78.2 Å². The van der Waals surface area contributed by atoms with Crippen molar-refractivity contribution in [3.8, 4) is 11.5 Å². The van der Waals surface area contributed by atoms with E-state index >= 15 is 0 Å². The topological polar surface area (TPSA) is 119 Å². The fraction of sp³-hybridized carbons (Fsp3) is 0.333. The van der Waals surface area contributed by atoms with Crippen LogP contribution in [0, 0.1) is 5.82 Å². The summed E-state index contributed by atoms with van der Waals surface area (Å²) in [6.07, 6.45) is 2.79. The third-order valence-electron chi connectivity index (χ3n) is 7.19. The van der Waals surface area contributed by atoms with Crippen LogP contribution >= 0.6 is 0 Å².